The van der Waals surface area contributed by atoms with Crippen LogP contribution in [0, 0.1) is 5.92 Å². The molecule has 1 N–H and O–H groups in total. The van der Waals surface area contributed by atoms with E-state index in [1.165, 1.54) is 10.6 Å². The number of hydrogen-bond acceptors (Lipinski definition) is 5. The zero-order valence-corrected chi connectivity index (χ0v) is 13.2. The molecule has 1 aromatic rings. The Bertz CT molecular complexity index is 628. The highest BCUT2D eigenvalue weighted by atomic mass is 32.2. The Hall–Kier alpha value is -1.38. The van der Waals surface area contributed by atoms with Gasteiger partial charge in [0, 0.05) is 13.1 Å². The Labute approximate surface area is 129 Å². The summed E-state index contributed by atoms with van der Waals surface area (Å²) >= 11 is 0. The minimum absolute atomic E-state index is 0.170. The topological polar surface area (TPSA) is 88.9 Å². The predicted octanol–water partition coefficient (Wildman–Crippen LogP) is 0.335. The number of carbonyl (C=O) groups excluding carboxylic acids is 1. The normalized spacial score (nSPS) is 29.2. The second-order valence-electron chi connectivity index (χ2n) is 5.87. The van der Waals surface area contributed by atoms with Crippen LogP contribution in [0.1, 0.15) is 18.6 Å². The fourth-order valence-corrected chi connectivity index (χ4v) is 3.93. The number of ether oxygens (including phenoxy) is 1. The lowest BCUT2D eigenvalue weighted by atomic mass is 9.93. The largest absolute Gasteiger partial charge is 0.467 e. The summed E-state index contributed by atoms with van der Waals surface area (Å²) in [5.74, 6) is 0.765. The van der Waals surface area contributed by atoms with Crippen LogP contribution in [0.15, 0.2) is 22.8 Å². The number of nitrogens with one attached hydrogen (secondary N) is 1. The van der Waals surface area contributed by atoms with Gasteiger partial charge in [0.2, 0.25) is 15.9 Å². The van der Waals surface area contributed by atoms with Gasteiger partial charge in [-0.25, -0.2) is 8.42 Å². The fraction of sp³-hybridized carbons (Fsp3) is 0.643. The van der Waals surface area contributed by atoms with E-state index in [1.54, 1.807) is 18.4 Å². The Morgan fingerprint density at radius 2 is 2.32 bits per heavy atom. The van der Waals surface area contributed by atoms with E-state index in [4.69, 9.17) is 9.15 Å². The third-order valence-electron chi connectivity index (χ3n) is 4.29. The summed E-state index contributed by atoms with van der Waals surface area (Å²) in [7, 11) is -3.20. The van der Waals surface area contributed by atoms with Crippen LogP contribution in [0.5, 0.6) is 0 Å². The van der Waals surface area contributed by atoms with Crippen molar-refractivity contribution in [3.05, 3.63) is 24.2 Å². The van der Waals surface area contributed by atoms with Gasteiger partial charge in [-0.05, 0) is 30.9 Å². The minimum atomic E-state index is -3.20. The standard InChI is InChI=1S/C14H20N2O5S/c1-22(18,19)16-5-4-10-7-12(21-13(10)9-16)14(17)15-8-11-3-2-6-20-11/h2-3,6,10,12-13H,4-5,7-9H2,1H3,(H,15,17)/t10-,12+,13+/m1/s1. The summed E-state index contributed by atoms with van der Waals surface area (Å²) in [6.45, 7) is 1.17. The highest BCUT2D eigenvalue weighted by Crippen LogP contribution is 2.34. The number of furan rings is 1. The van der Waals surface area contributed by atoms with Crippen molar-refractivity contribution in [3.8, 4) is 0 Å². The number of amides is 1. The molecule has 0 aromatic carbocycles. The van der Waals surface area contributed by atoms with Crippen molar-refractivity contribution in [2.24, 2.45) is 5.92 Å². The minimum Gasteiger partial charge on any atom is -0.467 e. The molecule has 0 spiro atoms. The third-order valence-corrected chi connectivity index (χ3v) is 5.56. The zero-order valence-electron chi connectivity index (χ0n) is 12.4. The van der Waals surface area contributed by atoms with Crippen LogP contribution in [0.25, 0.3) is 0 Å². The highest BCUT2D eigenvalue weighted by Gasteiger charge is 2.43. The van der Waals surface area contributed by atoms with Crippen LogP contribution in [0.2, 0.25) is 0 Å². The van der Waals surface area contributed by atoms with Crippen molar-refractivity contribution in [3.63, 3.8) is 0 Å². The van der Waals surface area contributed by atoms with Gasteiger partial charge in [0.05, 0.1) is 25.2 Å². The number of fused-ring (bicyclic) bond motifs is 1. The molecule has 7 nitrogen and oxygen atoms in total. The number of hydrogen-bond donors (Lipinski definition) is 1. The maximum Gasteiger partial charge on any atom is 0.249 e. The van der Waals surface area contributed by atoms with Gasteiger partial charge in [-0.2, -0.15) is 4.31 Å². The van der Waals surface area contributed by atoms with Crippen molar-refractivity contribution in [1.82, 2.24) is 9.62 Å². The molecule has 0 unspecified atom stereocenters. The van der Waals surface area contributed by atoms with E-state index in [9.17, 15) is 13.2 Å². The summed E-state index contributed by atoms with van der Waals surface area (Å²) in [6.07, 6.45) is 3.44. The highest BCUT2D eigenvalue weighted by molar-refractivity contribution is 7.88. The molecule has 0 bridgehead atoms. The van der Waals surface area contributed by atoms with E-state index in [2.05, 4.69) is 5.32 Å². The average molecular weight is 328 g/mol. The summed E-state index contributed by atoms with van der Waals surface area (Å²) < 4.78 is 35.6. The summed E-state index contributed by atoms with van der Waals surface area (Å²) in [5.41, 5.74) is 0. The number of carbonyl (C=O) groups is 1. The van der Waals surface area contributed by atoms with E-state index in [0.717, 1.165) is 6.42 Å². The molecule has 2 aliphatic heterocycles. The third kappa shape index (κ3) is 3.34. The van der Waals surface area contributed by atoms with Crippen molar-refractivity contribution in [2.45, 2.75) is 31.6 Å². The van der Waals surface area contributed by atoms with E-state index >= 15 is 0 Å². The molecule has 3 atom stereocenters. The molecule has 3 rings (SSSR count). The fourth-order valence-electron chi connectivity index (χ4n) is 3.07. The predicted molar refractivity (Wildman–Crippen MR) is 78.4 cm³/mol. The van der Waals surface area contributed by atoms with Gasteiger partial charge < -0.3 is 14.5 Å². The molecule has 0 aliphatic carbocycles. The summed E-state index contributed by atoms with van der Waals surface area (Å²) in [6, 6.07) is 3.56. The van der Waals surface area contributed by atoms with E-state index < -0.39 is 16.1 Å². The number of piperidine rings is 1. The molecule has 2 fully saturated rings. The van der Waals surface area contributed by atoms with Gasteiger partial charge in [-0.1, -0.05) is 0 Å². The Morgan fingerprint density at radius 1 is 1.50 bits per heavy atom. The first kappa shape index (κ1) is 15.5. The van der Waals surface area contributed by atoms with Crippen molar-refractivity contribution in [1.29, 1.82) is 0 Å². The second kappa shape index (κ2) is 6.02. The Morgan fingerprint density at radius 3 is 3.00 bits per heavy atom. The Kier molecular flexibility index (Phi) is 4.24. The number of sulfonamides is 1. The lowest BCUT2D eigenvalue weighted by molar-refractivity contribution is -0.132. The number of rotatable bonds is 4. The molecule has 0 saturated carbocycles. The maximum absolute atomic E-state index is 12.2. The van der Waals surface area contributed by atoms with Gasteiger partial charge in [-0.3, -0.25) is 4.79 Å². The molecule has 122 valence electrons. The quantitative estimate of drug-likeness (QED) is 0.861. The van der Waals surface area contributed by atoms with E-state index in [1.807, 2.05) is 0 Å². The number of nitrogens with zero attached hydrogens (tertiary/aromatic N) is 1. The lowest BCUT2D eigenvalue weighted by Crippen LogP contribution is -2.45. The van der Waals surface area contributed by atoms with Gasteiger partial charge in [0.25, 0.3) is 0 Å². The van der Waals surface area contributed by atoms with Gasteiger partial charge in [-0.15, -0.1) is 0 Å². The van der Waals surface area contributed by atoms with Crippen molar-refractivity contribution in [2.75, 3.05) is 19.3 Å². The smallest absolute Gasteiger partial charge is 0.249 e. The molecular weight excluding hydrogens is 308 g/mol. The molecule has 2 saturated heterocycles. The monoisotopic (exact) mass is 328 g/mol. The Balaban J connectivity index is 1.54. The maximum atomic E-state index is 12.2. The van der Waals surface area contributed by atoms with E-state index in [0.29, 0.717) is 31.8 Å². The van der Waals surface area contributed by atoms with Crippen LogP contribution in [0.4, 0.5) is 0 Å². The molecule has 1 aromatic heterocycles. The molecule has 2 aliphatic rings. The molecule has 1 amide bonds. The zero-order chi connectivity index (χ0) is 15.7. The summed E-state index contributed by atoms with van der Waals surface area (Å²) in [5, 5.41) is 2.79. The molecular formula is C14H20N2O5S. The second-order valence-corrected chi connectivity index (χ2v) is 7.85. The summed E-state index contributed by atoms with van der Waals surface area (Å²) in [4.78, 5) is 12.2. The van der Waals surface area contributed by atoms with E-state index in [-0.39, 0.29) is 17.9 Å². The average Bonchev–Trinajstić information content (AvgIpc) is 3.11. The van der Waals surface area contributed by atoms with Gasteiger partial charge >= 0.3 is 0 Å². The van der Waals surface area contributed by atoms with Crippen molar-refractivity contribution >= 4 is 15.9 Å². The van der Waals surface area contributed by atoms with Crippen LogP contribution in [0.3, 0.4) is 0 Å². The molecule has 3 heterocycles. The van der Waals surface area contributed by atoms with Gasteiger partial charge in [0.15, 0.2) is 0 Å². The molecule has 8 heteroatoms. The van der Waals surface area contributed by atoms with Crippen molar-refractivity contribution < 1.29 is 22.4 Å². The van der Waals surface area contributed by atoms with Crippen LogP contribution >= 0.6 is 0 Å². The molecule has 22 heavy (non-hydrogen) atoms. The SMILES string of the molecule is CS(=O)(=O)N1CC[C@@H]2C[C@@H](C(=O)NCc3ccco3)O[C@H]2C1. The van der Waals surface area contributed by atoms with Crippen LogP contribution in [-0.2, 0) is 26.1 Å². The van der Waals surface area contributed by atoms with Crippen LogP contribution < -0.4 is 5.32 Å². The lowest BCUT2D eigenvalue weighted by Gasteiger charge is -2.32. The molecule has 0 radical (unpaired) electrons. The first-order valence-electron chi connectivity index (χ1n) is 7.34. The van der Waals surface area contributed by atoms with Gasteiger partial charge in [0.1, 0.15) is 11.9 Å². The van der Waals surface area contributed by atoms with Crippen LogP contribution in [-0.4, -0.2) is 50.2 Å². The first-order valence-corrected chi connectivity index (χ1v) is 9.19. The first-order chi connectivity index (χ1) is 10.4.